The Morgan fingerprint density at radius 3 is 3.25 bits per heavy atom. The highest BCUT2D eigenvalue weighted by atomic mass is 16.5. The molecule has 4 heteroatoms. The molecule has 64 valence electrons. The molecule has 12 heavy (non-hydrogen) atoms. The summed E-state index contributed by atoms with van der Waals surface area (Å²) in [7, 11) is 0. The van der Waals surface area contributed by atoms with Crippen LogP contribution in [0.2, 0.25) is 0 Å². The van der Waals surface area contributed by atoms with Crippen molar-refractivity contribution in [2.45, 2.75) is 26.1 Å². The molecular formula is C8H11N2O2+. The van der Waals surface area contributed by atoms with Gasteiger partial charge >= 0.3 is 5.97 Å². The van der Waals surface area contributed by atoms with Crippen molar-refractivity contribution < 1.29 is 14.2 Å². The van der Waals surface area contributed by atoms with Crippen molar-refractivity contribution in [2.24, 2.45) is 0 Å². The van der Waals surface area contributed by atoms with Crippen LogP contribution in [0.25, 0.3) is 0 Å². The fraction of sp³-hybridized carbons (Fsp3) is 0.500. The normalized spacial score (nSPS) is 20.6. The van der Waals surface area contributed by atoms with Crippen molar-refractivity contribution in [1.29, 1.82) is 0 Å². The maximum atomic E-state index is 10.6. The van der Waals surface area contributed by atoms with Crippen molar-refractivity contribution in [3.63, 3.8) is 0 Å². The number of rotatable bonds is 1. The third-order valence-electron chi connectivity index (χ3n) is 1.96. The van der Waals surface area contributed by atoms with E-state index in [1.165, 1.54) is 6.92 Å². The lowest BCUT2D eigenvalue weighted by Crippen LogP contribution is -2.37. The predicted molar refractivity (Wildman–Crippen MR) is 40.2 cm³/mol. The highest BCUT2D eigenvalue weighted by molar-refractivity contribution is 5.66. The van der Waals surface area contributed by atoms with Crippen molar-refractivity contribution in [2.75, 3.05) is 0 Å². The molecule has 2 heterocycles. The maximum Gasteiger partial charge on any atom is 0.303 e. The Kier molecular flexibility index (Phi) is 1.60. The SMILES string of the molecule is CC(=O)OC1Cn2ccc[n+]2C1. The highest BCUT2D eigenvalue weighted by Gasteiger charge is 2.29. The molecule has 0 unspecified atom stereocenters. The summed E-state index contributed by atoms with van der Waals surface area (Å²) in [6.07, 6.45) is 3.97. The number of ether oxygens (including phenoxy) is 1. The number of hydrogen-bond acceptors (Lipinski definition) is 2. The molecule has 1 aliphatic rings. The number of carbonyl (C=O) groups excluding carboxylic acids is 1. The zero-order valence-electron chi connectivity index (χ0n) is 6.93. The Labute approximate surface area is 70.3 Å². The van der Waals surface area contributed by atoms with E-state index in [1.807, 2.05) is 27.8 Å². The van der Waals surface area contributed by atoms with Crippen LogP contribution in [-0.2, 0) is 22.6 Å². The van der Waals surface area contributed by atoms with E-state index in [-0.39, 0.29) is 12.1 Å². The number of fused-ring (bicyclic) bond motifs is 1. The van der Waals surface area contributed by atoms with Gasteiger partial charge in [-0.2, -0.15) is 4.68 Å². The topological polar surface area (TPSA) is 35.1 Å². The molecule has 0 radical (unpaired) electrons. The van der Waals surface area contributed by atoms with Gasteiger partial charge in [0.05, 0.1) is 6.20 Å². The van der Waals surface area contributed by atoms with Gasteiger partial charge in [0.2, 0.25) is 6.54 Å². The molecule has 1 aromatic rings. The monoisotopic (exact) mass is 167 g/mol. The summed E-state index contributed by atoms with van der Waals surface area (Å²) in [5, 5.41) is 0. The second-order valence-electron chi connectivity index (χ2n) is 2.97. The number of hydrogen-bond donors (Lipinski definition) is 0. The van der Waals surface area contributed by atoms with Crippen LogP contribution in [0.5, 0.6) is 0 Å². The smallest absolute Gasteiger partial charge is 0.303 e. The molecule has 0 spiro atoms. The first-order valence-corrected chi connectivity index (χ1v) is 3.98. The minimum Gasteiger partial charge on any atom is -0.454 e. The molecule has 0 bridgehead atoms. The molecule has 2 rings (SSSR count). The van der Waals surface area contributed by atoms with Gasteiger partial charge in [-0.3, -0.25) is 4.79 Å². The molecule has 4 nitrogen and oxygen atoms in total. The third-order valence-corrected chi connectivity index (χ3v) is 1.96. The van der Waals surface area contributed by atoms with Crippen molar-refractivity contribution in [1.82, 2.24) is 4.68 Å². The molecule has 1 aliphatic heterocycles. The minimum atomic E-state index is -0.202. The molecule has 0 fully saturated rings. The van der Waals surface area contributed by atoms with E-state index in [4.69, 9.17) is 4.74 Å². The van der Waals surface area contributed by atoms with E-state index in [9.17, 15) is 4.79 Å². The Morgan fingerprint density at radius 2 is 2.58 bits per heavy atom. The fourth-order valence-corrected chi connectivity index (χ4v) is 1.52. The van der Waals surface area contributed by atoms with Crippen molar-refractivity contribution in [3.8, 4) is 0 Å². The summed E-state index contributed by atoms with van der Waals surface area (Å²) in [5.41, 5.74) is 0. The Morgan fingerprint density at radius 1 is 1.75 bits per heavy atom. The minimum absolute atomic E-state index is 0.0173. The molecule has 0 saturated heterocycles. The third kappa shape index (κ3) is 1.20. The molecule has 0 aromatic carbocycles. The number of esters is 1. The van der Waals surface area contributed by atoms with Gasteiger partial charge < -0.3 is 4.74 Å². The maximum absolute atomic E-state index is 10.6. The zero-order chi connectivity index (χ0) is 8.55. The lowest BCUT2D eigenvalue weighted by molar-refractivity contribution is -0.760. The summed E-state index contributed by atoms with van der Waals surface area (Å²) in [6, 6.07) is 1.98. The molecule has 0 saturated carbocycles. The van der Waals surface area contributed by atoms with E-state index in [1.54, 1.807) is 0 Å². The first kappa shape index (κ1) is 7.34. The number of carbonyl (C=O) groups is 1. The lowest BCUT2D eigenvalue weighted by atomic mass is 10.4. The van der Waals surface area contributed by atoms with Crippen LogP contribution in [-0.4, -0.2) is 16.8 Å². The van der Waals surface area contributed by atoms with Crippen molar-refractivity contribution >= 4 is 5.97 Å². The molecule has 0 aliphatic carbocycles. The van der Waals surface area contributed by atoms with E-state index in [2.05, 4.69) is 0 Å². The first-order valence-electron chi connectivity index (χ1n) is 3.98. The Bertz CT molecular complexity index is 285. The van der Waals surface area contributed by atoms with Crippen LogP contribution in [0.15, 0.2) is 18.5 Å². The van der Waals surface area contributed by atoms with Gasteiger partial charge in [-0.1, -0.05) is 0 Å². The fourth-order valence-electron chi connectivity index (χ4n) is 1.52. The average molecular weight is 167 g/mol. The quantitative estimate of drug-likeness (QED) is 0.426. The van der Waals surface area contributed by atoms with Crippen LogP contribution in [0.1, 0.15) is 6.92 Å². The van der Waals surface area contributed by atoms with Gasteiger partial charge in [-0.05, 0) is 0 Å². The highest BCUT2D eigenvalue weighted by Crippen LogP contribution is 2.03. The van der Waals surface area contributed by atoms with Gasteiger partial charge in [0, 0.05) is 13.0 Å². The van der Waals surface area contributed by atoms with E-state index in [0.717, 1.165) is 13.1 Å². The van der Waals surface area contributed by atoms with Crippen LogP contribution < -0.4 is 4.68 Å². The summed E-state index contributed by atoms with van der Waals surface area (Å²) in [4.78, 5) is 10.6. The van der Waals surface area contributed by atoms with Gasteiger partial charge in [0.15, 0.2) is 12.3 Å². The molecule has 0 amide bonds. The average Bonchev–Trinajstić information content (AvgIpc) is 2.43. The van der Waals surface area contributed by atoms with Gasteiger partial charge in [-0.25, -0.2) is 0 Å². The molecular weight excluding hydrogens is 156 g/mol. The zero-order valence-corrected chi connectivity index (χ0v) is 6.93. The second kappa shape index (κ2) is 2.62. The molecule has 1 aromatic heterocycles. The van der Waals surface area contributed by atoms with E-state index >= 15 is 0 Å². The van der Waals surface area contributed by atoms with Crippen LogP contribution in [0, 0.1) is 0 Å². The van der Waals surface area contributed by atoms with Gasteiger partial charge in [0.1, 0.15) is 6.54 Å². The number of aromatic nitrogens is 2. The standard InChI is InChI=1S/C8H11N2O2/c1-7(11)12-8-5-9-3-2-4-10(9)6-8/h2-4,8H,5-6H2,1H3/q+1. The van der Waals surface area contributed by atoms with Crippen LogP contribution in [0.4, 0.5) is 0 Å². The summed E-state index contributed by atoms with van der Waals surface area (Å²) in [6.45, 7) is 2.98. The van der Waals surface area contributed by atoms with Gasteiger partial charge in [-0.15, -0.1) is 4.68 Å². The van der Waals surface area contributed by atoms with E-state index < -0.39 is 0 Å². The summed E-state index contributed by atoms with van der Waals surface area (Å²) >= 11 is 0. The van der Waals surface area contributed by atoms with E-state index in [0.29, 0.717) is 0 Å². The predicted octanol–water partition coefficient (Wildman–Crippen LogP) is -0.279. The summed E-state index contributed by atoms with van der Waals surface area (Å²) < 4.78 is 9.14. The Hall–Kier alpha value is -1.32. The number of nitrogens with zero attached hydrogens (tertiary/aromatic N) is 2. The van der Waals surface area contributed by atoms with Crippen molar-refractivity contribution in [3.05, 3.63) is 18.5 Å². The van der Waals surface area contributed by atoms with Crippen LogP contribution in [0.3, 0.4) is 0 Å². The van der Waals surface area contributed by atoms with Gasteiger partial charge in [0.25, 0.3) is 0 Å². The second-order valence-corrected chi connectivity index (χ2v) is 2.97. The molecule has 0 N–H and O–H groups in total. The van der Waals surface area contributed by atoms with Crippen LogP contribution >= 0.6 is 0 Å². The largest absolute Gasteiger partial charge is 0.454 e. The lowest BCUT2D eigenvalue weighted by Gasteiger charge is -2.03. The molecule has 0 atom stereocenters. The summed E-state index contributed by atoms with van der Waals surface area (Å²) in [5.74, 6) is -0.202. The first-order chi connectivity index (χ1) is 5.75. The Balaban J connectivity index is 2.03.